The van der Waals surface area contributed by atoms with E-state index in [1.807, 2.05) is 26.0 Å². The van der Waals surface area contributed by atoms with Crippen LogP contribution in [-0.4, -0.2) is 76.8 Å². The number of rotatable bonds is 17. The summed E-state index contributed by atoms with van der Waals surface area (Å²) in [6, 6.07) is 0. The summed E-state index contributed by atoms with van der Waals surface area (Å²) in [6.45, 7) is 15.6. The molecule has 42 heavy (non-hydrogen) atoms. The Labute approximate surface area is 254 Å². The second kappa shape index (κ2) is 15.1. The maximum absolute atomic E-state index is 13.0. The van der Waals surface area contributed by atoms with Crippen molar-refractivity contribution in [3.63, 3.8) is 0 Å². The van der Waals surface area contributed by atoms with E-state index in [4.69, 9.17) is 9.47 Å². The van der Waals surface area contributed by atoms with Crippen molar-refractivity contribution in [2.45, 2.75) is 91.6 Å². The van der Waals surface area contributed by atoms with E-state index >= 15 is 0 Å². The Kier molecular flexibility index (Phi) is 13.2. The van der Waals surface area contributed by atoms with Gasteiger partial charge in [-0.3, -0.25) is 9.59 Å². The van der Waals surface area contributed by atoms with Gasteiger partial charge in [0.2, 0.25) is 0 Å². The summed E-state index contributed by atoms with van der Waals surface area (Å²) in [6.07, 6.45) is 9.84. The molecule has 0 saturated heterocycles. The monoisotopic (exact) mass is 630 g/mol. The third-order valence-corrected chi connectivity index (χ3v) is 13.5. The molecule has 2 aliphatic rings. The van der Waals surface area contributed by atoms with Crippen LogP contribution < -0.4 is 0 Å². The molecule has 0 N–H and O–H groups in total. The highest BCUT2D eigenvalue weighted by Crippen LogP contribution is 2.43. The molecule has 0 heterocycles. The first-order valence-electron chi connectivity index (χ1n) is 15.3. The Morgan fingerprint density at radius 3 is 1.33 bits per heavy atom. The molecule has 0 aromatic heterocycles. The summed E-state index contributed by atoms with van der Waals surface area (Å²) in [4.78, 5) is 26.1. The van der Waals surface area contributed by atoms with Crippen molar-refractivity contribution < 1.29 is 35.9 Å². The number of carbonyl (C=O) groups is 2. The highest BCUT2D eigenvalue weighted by molar-refractivity contribution is 7.92. The van der Waals surface area contributed by atoms with E-state index in [0.29, 0.717) is 0 Å². The van der Waals surface area contributed by atoms with Crippen LogP contribution in [0, 0.1) is 34.5 Å². The number of Topliss-reactive ketones (excluding diaryl/α,β-unsaturated/α-hetero) is 2. The number of allylic oxidation sites excluding steroid dienone is 4. The molecule has 0 spiro atoms. The zero-order valence-corrected chi connectivity index (χ0v) is 28.6. The van der Waals surface area contributed by atoms with Gasteiger partial charge in [-0.25, -0.2) is 16.8 Å². The molecule has 2 rings (SSSR count). The summed E-state index contributed by atoms with van der Waals surface area (Å²) < 4.78 is 61.9. The van der Waals surface area contributed by atoms with E-state index in [0.717, 1.165) is 12.8 Å². The van der Waals surface area contributed by atoms with Crippen molar-refractivity contribution in [1.82, 2.24) is 0 Å². The molecular formula is C32H54O8S2. The summed E-state index contributed by atoms with van der Waals surface area (Å²) in [7, 11) is -7.04. The van der Waals surface area contributed by atoms with Gasteiger partial charge in [0.25, 0.3) is 0 Å². The molecular weight excluding hydrogens is 576 g/mol. The van der Waals surface area contributed by atoms with Crippen LogP contribution in [0.4, 0.5) is 0 Å². The minimum Gasteiger partial charge on any atom is -0.378 e. The van der Waals surface area contributed by atoms with Crippen LogP contribution >= 0.6 is 0 Å². The quantitative estimate of drug-likeness (QED) is 0.162. The second-order valence-electron chi connectivity index (χ2n) is 13.8. The molecule has 8 nitrogen and oxygen atoms in total. The Hall–Kier alpha value is -1.36. The molecule has 0 bridgehead atoms. The van der Waals surface area contributed by atoms with Gasteiger partial charge in [-0.15, -0.1) is 0 Å². The zero-order chi connectivity index (χ0) is 31.9. The Balaban J connectivity index is 1.68. The topological polar surface area (TPSA) is 121 Å². The van der Waals surface area contributed by atoms with Crippen LogP contribution in [0.25, 0.3) is 0 Å². The molecule has 6 unspecified atom stereocenters. The molecule has 0 aromatic rings. The molecule has 0 saturated carbocycles. The lowest BCUT2D eigenvalue weighted by molar-refractivity contribution is -0.129. The average molecular weight is 631 g/mol. The number of carbonyl (C=O) groups excluding carboxylic acids is 2. The predicted octanol–water partition coefficient (Wildman–Crippen LogP) is 5.02. The molecule has 6 atom stereocenters. The van der Waals surface area contributed by atoms with Crippen LogP contribution in [0.1, 0.15) is 81.1 Å². The molecule has 0 radical (unpaired) electrons. The minimum atomic E-state index is -3.52. The van der Waals surface area contributed by atoms with Crippen molar-refractivity contribution in [2.75, 3.05) is 37.9 Å². The van der Waals surface area contributed by atoms with Crippen molar-refractivity contribution in [3.05, 3.63) is 24.3 Å². The van der Waals surface area contributed by atoms with Gasteiger partial charge in [0, 0.05) is 24.7 Å². The Morgan fingerprint density at radius 1 is 0.690 bits per heavy atom. The zero-order valence-electron chi connectivity index (χ0n) is 26.9. The molecule has 0 aliphatic heterocycles. The van der Waals surface area contributed by atoms with E-state index in [2.05, 4.69) is 39.8 Å². The summed E-state index contributed by atoms with van der Waals surface area (Å²) in [5, 5.41) is -1.58. The van der Waals surface area contributed by atoms with Gasteiger partial charge in [0.1, 0.15) is 11.6 Å². The standard InChI is InChI=1S/C32H54O8S2/c1-23-11-9-13-31(5,6)29(23)27(33)21-25(3)41(35,36)19-17-39-15-16-40-18-20-42(37,38)26(4)22-28(34)30-24(2)12-10-14-32(30,7)8/h9-12,23-26,29-30H,13-22H2,1-8H3. The van der Waals surface area contributed by atoms with Gasteiger partial charge in [0.05, 0.1) is 48.4 Å². The molecule has 242 valence electrons. The smallest absolute Gasteiger partial charge is 0.155 e. The third-order valence-electron chi connectivity index (χ3n) is 9.20. The van der Waals surface area contributed by atoms with Crippen LogP contribution in [0.3, 0.4) is 0 Å². The fourth-order valence-electron chi connectivity index (χ4n) is 6.68. The van der Waals surface area contributed by atoms with E-state index in [-0.39, 0.29) is 96.8 Å². The summed E-state index contributed by atoms with van der Waals surface area (Å²) in [5.41, 5.74) is -0.398. The normalized spacial score (nSPS) is 27.0. The molecule has 0 fully saturated rings. The van der Waals surface area contributed by atoms with Crippen LogP contribution in [-0.2, 0) is 38.7 Å². The highest BCUT2D eigenvalue weighted by Gasteiger charge is 2.41. The van der Waals surface area contributed by atoms with Crippen molar-refractivity contribution in [1.29, 1.82) is 0 Å². The Morgan fingerprint density at radius 2 is 1.02 bits per heavy atom. The van der Waals surface area contributed by atoms with E-state index < -0.39 is 30.2 Å². The van der Waals surface area contributed by atoms with E-state index in [1.54, 1.807) is 13.8 Å². The summed E-state index contributed by atoms with van der Waals surface area (Å²) >= 11 is 0. The predicted molar refractivity (Wildman–Crippen MR) is 168 cm³/mol. The molecule has 2 aliphatic carbocycles. The third kappa shape index (κ3) is 10.1. The van der Waals surface area contributed by atoms with Gasteiger partial charge >= 0.3 is 0 Å². The first-order chi connectivity index (χ1) is 19.3. The molecule has 0 amide bonds. The number of ether oxygens (including phenoxy) is 2. The van der Waals surface area contributed by atoms with Crippen molar-refractivity contribution in [2.24, 2.45) is 34.5 Å². The number of sulfone groups is 2. The number of ketones is 2. The Bertz CT molecular complexity index is 1100. The molecule has 10 heteroatoms. The number of hydrogen-bond acceptors (Lipinski definition) is 8. The van der Waals surface area contributed by atoms with E-state index in [9.17, 15) is 26.4 Å². The van der Waals surface area contributed by atoms with Gasteiger partial charge in [-0.1, -0.05) is 65.8 Å². The maximum Gasteiger partial charge on any atom is 0.155 e. The van der Waals surface area contributed by atoms with E-state index in [1.165, 1.54) is 0 Å². The first-order valence-corrected chi connectivity index (χ1v) is 18.7. The fraction of sp³-hybridized carbons (Fsp3) is 0.812. The lowest BCUT2D eigenvalue weighted by Gasteiger charge is -2.39. The SMILES string of the molecule is CC1C=CCC(C)(C)C1C(=O)CC(C)S(=O)(=O)CCOCCOCCS(=O)(=O)C(C)CC(=O)C1C(C)C=CCC1(C)C. The molecule has 0 aromatic carbocycles. The van der Waals surface area contributed by atoms with Gasteiger partial charge in [-0.2, -0.15) is 0 Å². The minimum absolute atomic E-state index is 0.00922. The van der Waals surface area contributed by atoms with Crippen LogP contribution in [0.15, 0.2) is 24.3 Å². The van der Waals surface area contributed by atoms with Gasteiger partial charge in [-0.05, 0) is 49.4 Å². The van der Waals surface area contributed by atoms with Crippen molar-refractivity contribution in [3.8, 4) is 0 Å². The fourth-order valence-corrected chi connectivity index (χ4v) is 9.02. The van der Waals surface area contributed by atoms with Crippen LogP contribution in [0.5, 0.6) is 0 Å². The lowest BCUT2D eigenvalue weighted by Crippen LogP contribution is -2.39. The highest BCUT2D eigenvalue weighted by atomic mass is 32.2. The maximum atomic E-state index is 13.0. The van der Waals surface area contributed by atoms with Gasteiger partial charge in [0.15, 0.2) is 19.7 Å². The number of hydrogen-bond donors (Lipinski definition) is 0. The lowest BCUT2D eigenvalue weighted by atomic mass is 9.65. The first kappa shape index (κ1) is 36.8. The van der Waals surface area contributed by atoms with Crippen molar-refractivity contribution >= 4 is 31.2 Å². The van der Waals surface area contributed by atoms with Crippen LogP contribution in [0.2, 0.25) is 0 Å². The largest absolute Gasteiger partial charge is 0.378 e. The average Bonchev–Trinajstić information content (AvgIpc) is 2.84. The second-order valence-corrected chi connectivity index (χ2v) is 18.9. The van der Waals surface area contributed by atoms with Gasteiger partial charge < -0.3 is 9.47 Å². The summed E-state index contributed by atoms with van der Waals surface area (Å²) in [5.74, 6) is -0.669.